The normalized spacial score (nSPS) is 19.7. The fourth-order valence-corrected chi connectivity index (χ4v) is 5.39. The third-order valence-electron chi connectivity index (χ3n) is 5.55. The molecule has 5 rings (SSSR count). The van der Waals surface area contributed by atoms with Gasteiger partial charge in [-0.3, -0.25) is 10.2 Å². The second-order valence-corrected chi connectivity index (χ2v) is 9.15. The number of halogens is 1. The Morgan fingerprint density at radius 3 is 2.68 bits per heavy atom. The van der Waals surface area contributed by atoms with E-state index in [2.05, 4.69) is 10.5 Å². The van der Waals surface area contributed by atoms with E-state index in [-0.39, 0.29) is 12.3 Å². The Morgan fingerprint density at radius 2 is 1.90 bits per heavy atom. The Hall–Kier alpha value is -2.96. The number of benzene rings is 3. The number of carbonyl (C=O) groups excluding carboxylic acids is 1. The summed E-state index contributed by atoms with van der Waals surface area (Å²) in [5, 5.41) is 6.10. The molecule has 0 radical (unpaired) electrons. The van der Waals surface area contributed by atoms with Crippen LogP contribution < -0.4 is 15.1 Å². The largest absolute Gasteiger partial charge is 0.497 e. The summed E-state index contributed by atoms with van der Waals surface area (Å²) >= 11 is 7.95. The number of rotatable bonds is 4. The van der Waals surface area contributed by atoms with Gasteiger partial charge in [-0.05, 0) is 29.8 Å². The first-order valence-corrected chi connectivity index (χ1v) is 11.1. The number of anilines is 1. The molecule has 5 nitrogen and oxygen atoms in total. The van der Waals surface area contributed by atoms with E-state index in [0.29, 0.717) is 11.6 Å². The number of hydrogen-bond acceptors (Lipinski definition) is 5. The molecule has 2 aliphatic heterocycles. The molecule has 7 heteroatoms. The van der Waals surface area contributed by atoms with Crippen molar-refractivity contribution in [1.82, 2.24) is 5.43 Å². The van der Waals surface area contributed by atoms with Crippen LogP contribution in [0.25, 0.3) is 0 Å². The van der Waals surface area contributed by atoms with Crippen LogP contribution in [-0.4, -0.2) is 18.1 Å². The van der Waals surface area contributed by atoms with Crippen LogP contribution >= 0.6 is 23.4 Å². The quantitative estimate of drug-likeness (QED) is 0.599. The standard InChI is InChI=1S/C24H20ClN3O2S/c1-30-18-11-12-21-19(13-18)24(27-26-23(31-24)16-7-3-2-4-8-16)14-22(29)28(21)15-17-9-5-6-10-20(17)25/h2-13,27H,14-15H2,1H3. The molecule has 0 fully saturated rings. The van der Waals surface area contributed by atoms with Gasteiger partial charge in [0.05, 0.1) is 25.8 Å². The topological polar surface area (TPSA) is 53.9 Å². The summed E-state index contributed by atoms with van der Waals surface area (Å²) in [6, 6.07) is 23.4. The number of thioether (sulfide) groups is 1. The first-order chi connectivity index (χ1) is 15.1. The molecule has 2 aliphatic rings. The minimum Gasteiger partial charge on any atom is -0.497 e. The van der Waals surface area contributed by atoms with Crippen LogP contribution in [0, 0.1) is 0 Å². The Kier molecular flexibility index (Phi) is 5.12. The molecular weight excluding hydrogens is 430 g/mol. The summed E-state index contributed by atoms with van der Waals surface area (Å²) in [6.45, 7) is 0.408. The monoisotopic (exact) mass is 449 g/mol. The lowest BCUT2D eigenvalue weighted by Crippen LogP contribution is -2.47. The molecule has 2 heterocycles. The number of carbonyl (C=O) groups is 1. The van der Waals surface area contributed by atoms with Crippen molar-refractivity contribution in [2.45, 2.75) is 17.8 Å². The summed E-state index contributed by atoms with van der Waals surface area (Å²) in [6.07, 6.45) is 0.266. The Morgan fingerprint density at radius 1 is 1.13 bits per heavy atom. The highest BCUT2D eigenvalue weighted by atomic mass is 35.5. The van der Waals surface area contributed by atoms with E-state index in [1.54, 1.807) is 23.8 Å². The highest BCUT2D eigenvalue weighted by Crippen LogP contribution is 2.51. The maximum Gasteiger partial charge on any atom is 0.230 e. The van der Waals surface area contributed by atoms with Gasteiger partial charge < -0.3 is 9.64 Å². The molecule has 0 aromatic heterocycles. The Balaban J connectivity index is 1.55. The Labute approximate surface area is 190 Å². The van der Waals surface area contributed by atoms with Gasteiger partial charge in [0.25, 0.3) is 0 Å². The third kappa shape index (κ3) is 3.56. The molecule has 3 aromatic carbocycles. The molecule has 1 atom stereocenters. The van der Waals surface area contributed by atoms with Crippen molar-refractivity contribution < 1.29 is 9.53 Å². The van der Waals surface area contributed by atoms with Crippen molar-refractivity contribution >= 4 is 40.0 Å². The van der Waals surface area contributed by atoms with E-state index in [4.69, 9.17) is 16.3 Å². The van der Waals surface area contributed by atoms with Crippen LogP contribution in [0.2, 0.25) is 5.02 Å². The highest BCUT2D eigenvalue weighted by Gasteiger charge is 2.48. The molecule has 1 amide bonds. The van der Waals surface area contributed by atoms with Gasteiger partial charge in [-0.2, -0.15) is 5.10 Å². The van der Waals surface area contributed by atoms with E-state index in [1.165, 1.54) is 0 Å². The minimum atomic E-state index is -0.677. The summed E-state index contributed by atoms with van der Waals surface area (Å²) in [5.74, 6) is 0.753. The fraction of sp³-hybridized carbons (Fsp3) is 0.167. The van der Waals surface area contributed by atoms with Crippen LogP contribution in [-0.2, 0) is 16.2 Å². The van der Waals surface area contributed by atoms with Gasteiger partial charge in [-0.25, -0.2) is 0 Å². The van der Waals surface area contributed by atoms with Gasteiger partial charge in [0, 0.05) is 16.1 Å². The molecule has 1 unspecified atom stereocenters. The predicted molar refractivity (Wildman–Crippen MR) is 126 cm³/mol. The molecule has 0 saturated carbocycles. The zero-order chi connectivity index (χ0) is 21.4. The van der Waals surface area contributed by atoms with Crippen molar-refractivity contribution in [3.05, 3.63) is 94.5 Å². The third-order valence-corrected chi connectivity index (χ3v) is 7.24. The van der Waals surface area contributed by atoms with Crippen LogP contribution in [0.1, 0.15) is 23.1 Å². The first-order valence-electron chi connectivity index (χ1n) is 9.91. The minimum absolute atomic E-state index is 0.0158. The molecule has 156 valence electrons. The van der Waals surface area contributed by atoms with Gasteiger partial charge in [-0.1, -0.05) is 71.9 Å². The molecule has 3 aromatic rings. The van der Waals surface area contributed by atoms with Crippen molar-refractivity contribution in [2.75, 3.05) is 12.0 Å². The average molecular weight is 450 g/mol. The molecule has 1 N–H and O–H groups in total. The number of ether oxygens (including phenoxy) is 1. The van der Waals surface area contributed by atoms with Gasteiger partial charge in [-0.15, -0.1) is 0 Å². The van der Waals surface area contributed by atoms with Gasteiger partial charge in [0.15, 0.2) is 0 Å². The zero-order valence-electron chi connectivity index (χ0n) is 16.8. The number of nitrogens with zero attached hydrogens (tertiary/aromatic N) is 2. The number of hydrogen-bond donors (Lipinski definition) is 1. The molecule has 0 bridgehead atoms. The summed E-state index contributed by atoms with van der Waals surface area (Å²) in [7, 11) is 1.64. The van der Waals surface area contributed by atoms with Crippen LogP contribution in [0.4, 0.5) is 5.69 Å². The van der Waals surface area contributed by atoms with E-state index in [0.717, 1.165) is 33.2 Å². The fourth-order valence-electron chi connectivity index (χ4n) is 3.96. The van der Waals surface area contributed by atoms with E-state index >= 15 is 0 Å². The molecule has 31 heavy (non-hydrogen) atoms. The number of fused-ring (bicyclic) bond motifs is 2. The van der Waals surface area contributed by atoms with Gasteiger partial charge in [0.1, 0.15) is 15.7 Å². The van der Waals surface area contributed by atoms with Crippen LogP contribution in [0.3, 0.4) is 0 Å². The Bertz CT molecular complexity index is 1180. The van der Waals surface area contributed by atoms with Gasteiger partial charge >= 0.3 is 0 Å². The number of amides is 1. The summed E-state index contributed by atoms with van der Waals surface area (Å²) in [4.78, 5) is 14.5. The van der Waals surface area contributed by atoms with Crippen molar-refractivity contribution in [3.8, 4) is 5.75 Å². The maximum absolute atomic E-state index is 13.4. The lowest BCUT2D eigenvalue weighted by atomic mass is 9.94. The molecule has 0 aliphatic carbocycles. The van der Waals surface area contributed by atoms with Crippen LogP contribution in [0.15, 0.2) is 77.9 Å². The molecule has 0 saturated heterocycles. The summed E-state index contributed by atoms with van der Waals surface area (Å²) in [5.41, 5.74) is 7.01. The second-order valence-electron chi connectivity index (χ2n) is 7.46. The maximum atomic E-state index is 13.4. The molecular formula is C24H20ClN3O2S. The van der Waals surface area contributed by atoms with Gasteiger partial charge in [0.2, 0.25) is 5.91 Å². The SMILES string of the molecule is COc1ccc2c(c1)C1(CC(=O)N2Cc2ccccc2Cl)NN=C(c2ccccc2)S1. The van der Waals surface area contributed by atoms with Crippen molar-refractivity contribution in [3.63, 3.8) is 0 Å². The zero-order valence-corrected chi connectivity index (χ0v) is 18.4. The lowest BCUT2D eigenvalue weighted by molar-refractivity contribution is -0.120. The highest BCUT2D eigenvalue weighted by molar-refractivity contribution is 8.15. The van der Waals surface area contributed by atoms with E-state index in [9.17, 15) is 4.79 Å². The van der Waals surface area contributed by atoms with Crippen molar-refractivity contribution in [1.29, 1.82) is 0 Å². The van der Waals surface area contributed by atoms with E-state index < -0.39 is 4.87 Å². The first kappa shape index (κ1) is 20.0. The second kappa shape index (κ2) is 7.94. The van der Waals surface area contributed by atoms with Crippen LogP contribution in [0.5, 0.6) is 5.75 Å². The smallest absolute Gasteiger partial charge is 0.230 e. The predicted octanol–water partition coefficient (Wildman–Crippen LogP) is 5.14. The van der Waals surface area contributed by atoms with Crippen molar-refractivity contribution in [2.24, 2.45) is 5.10 Å². The number of hydrazone groups is 1. The molecule has 1 spiro atoms. The lowest BCUT2D eigenvalue weighted by Gasteiger charge is -2.39. The average Bonchev–Trinajstić information content (AvgIpc) is 3.23. The number of methoxy groups -OCH3 is 1. The van der Waals surface area contributed by atoms with E-state index in [1.807, 2.05) is 72.8 Å². The summed E-state index contributed by atoms with van der Waals surface area (Å²) < 4.78 is 5.49. The number of nitrogens with one attached hydrogen (secondary N) is 1.